The van der Waals surface area contributed by atoms with Gasteiger partial charge in [-0.2, -0.15) is 18.2 Å². The molecule has 0 bridgehead atoms. The number of halogens is 3. The van der Waals surface area contributed by atoms with Crippen LogP contribution in [0.2, 0.25) is 0 Å². The van der Waals surface area contributed by atoms with Crippen LogP contribution in [0, 0.1) is 13.8 Å². The topological polar surface area (TPSA) is 49.8 Å². The first-order valence-corrected chi connectivity index (χ1v) is 7.93. The van der Waals surface area contributed by atoms with Crippen molar-refractivity contribution in [2.24, 2.45) is 0 Å². The highest BCUT2D eigenvalue weighted by atomic mass is 19.4. The van der Waals surface area contributed by atoms with E-state index < -0.39 is 11.7 Å². The van der Waals surface area contributed by atoms with Gasteiger partial charge in [0.25, 0.3) is 0 Å². The molecule has 1 aromatic heterocycles. The van der Waals surface area contributed by atoms with Gasteiger partial charge in [0.05, 0.1) is 5.56 Å². The first kappa shape index (κ1) is 17.7. The second kappa shape index (κ2) is 7.03. The van der Waals surface area contributed by atoms with Crippen LogP contribution in [-0.4, -0.2) is 9.97 Å². The minimum atomic E-state index is -4.36. The number of benzene rings is 2. The van der Waals surface area contributed by atoms with Crippen molar-refractivity contribution in [2.75, 3.05) is 10.6 Å². The van der Waals surface area contributed by atoms with Crippen LogP contribution in [0.15, 0.2) is 54.7 Å². The Bertz CT molecular complexity index is 905. The lowest BCUT2D eigenvalue weighted by molar-refractivity contribution is -0.137. The average molecular weight is 358 g/mol. The Morgan fingerprint density at radius 1 is 0.885 bits per heavy atom. The fraction of sp³-hybridized carbons (Fsp3) is 0.158. The second-order valence-electron chi connectivity index (χ2n) is 5.91. The van der Waals surface area contributed by atoms with Crippen LogP contribution in [0.4, 0.5) is 36.3 Å². The molecule has 0 aliphatic carbocycles. The maximum Gasteiger partial charge on any atom is 0.416 e. The predicted octanol–water partition coefficient (Wildman–Crippen LogP) is 5.60. The lowest BCUT2D eigenvalue weighted by atomic mass is 10.1. The van der Waals surface area contributed by atoms with E-state index in [1.807, 2.05) is 32.0 Å². The van der Waals surface area contributed by atoms with Crippen molar-refractivity contribution in [3.63, 3.8) is 0 Å². The van der Waals surface area contributed by atoms with Gasteiger partial charge < -0.3 is 10.6 Å². The van der Waals surface area contributed by atoms with Gasteiger partial charge in [0, 0.05) is 17.6 Å². The molecule has 0 aliphatic heterocycles. The number of hydrogen-bond acceptors (Lipinski definition) is 4. The van der Waals surface area contributed by atoms with Gasteiger partial charge in [-0.15, -0.1) is 0 Å². The molecule has 0 amide bonds. The molecule has 3 rings (SSSR count). The summed E-state index contributed by atoms with van der Waals surface area (Å²) in [5.74, 6) is 0.878. The largest absolute Gasteiger partial charge is 0.416 e. The number of aromatic nitrogens is 2. The Morgan fingerprint density at radius 3 is 2.31 bits per heavy atom. The molecule has 26 heavy (non-hydrogen) atoms. The molecule has 1 heterocycles. The summed E-state index contributed by atoms with van der Waals surface area (Å²) in [7, 11) is 0. The van der Waals surface area contributed by atoms with E-state index in [0.29, 0.717) is 17.5 Å². The predicted molar refractivity (Wildman–Crippen MR) is 96.0 cm³/mol. The van der Waals surface area contributed by atoms with Gasteiger partial charge in [0.2, 0.25) is 5.95 Å². The zero-order valence-electron chi connectivity index (χ0n) is 14.2. The van der Waals surface area contributed by atoms with Crippen LogP contribution in [0.1, 0.15) is 16.7 Å². The van der Waals surface area contributed by atoms with E-state index in [0.717, 1.165) is 28.9 Å². The highest BCUT2D eigenvalue weighted by Crippen LogP contribution is 2.30. The van der Waals surface area contributed by atoms with Crippen molar-refractivity contribution in [3.05, 3.63) is 71.4 Å². The van der Waals surface area contributed by atoms with Crippen LogP contribution in [-0.2, 0) is 6.18 Å². The van der Waals surface area contributed by atoms with Crippen molar-refractivity contribution >= 4 is 23.1 Å². The zero-order chi connectivity index (χ0) is 18.7. The fourth-order valence-electron chi connectivity index (χ4n) is 2.37. The fourth-order valence-corrected chi connectivity index (χ4v) is 2.37. The van der Waals surface area contributed by atoms with E-state index in [-0.39, 0.29) is 0 Å². The third kappa shape index (κ3) is 4.30. The Morgan fingerprint density at radius 2 is 1.62 bits per heavy atom. The van der Waals surface area contributed by atoms with E-state index in [9.17, 15) is 13.2 Å². The number of rotatable bonds is 4. The number of hydrogen-bond donors (Lipinski definition) is 2. The molecule has 0 spiro atoms. The van der Waals surface area contributed by atoms with Gasteiger partial charge in [-0.1, -0.05) is 12.1 Å². The van der Waals surface area contributed by atoms with Gasteiger partial charge in [0.15, 0.2) is 0 Å². The first-order valence-electron chi connectivity index (χ1n) is 7.93. The summed E-state index contributed by atoms with van der Waals surface area (Å²) < 4.78 is 37.8. The van der Waals surface area contributed by atoms with Crippen LogP contribution >= 0.6 is 0 Å². The lowest BCUT2D eigenvalue weighted by Gasteiger charge is -2.11. The van der Waals surface area contributed by atoms with Gasteiger partial charge in [-0.05, 0) is 61.4 Å². The normalized spacial score (nSPS) is 11.3. The van der Waals surface area contributed by atoms with Crippen LogP contribution in [0.25, 0.3) is 0 Å². The van der Waals surface area contributed by atoms with Crippen molar-refractivity contribution < 1.29 is 13.2 Å². The third-order valence-electron chi connectivity index (χ3n) is 3.78. The molecular weight excluding hydrogens is 341 g/mol. The maximum absolute atomic E-state index is 12.6. The average Bonchev–Trinajstić information content (AvgIpc) is 2.58. The number of nitrogens with one attached hydrogen (secondary N) is 2. The third-order valence-corrected chi connectivity index (χ3v) is 3.78. The molecule has 0 radical (unpaired) electrons. The van der Waals surface area contributed by atoms with Crippen molar-refractivity contribution in [1.29, 1.82) is 0 Å². The summed E-state index contributed by atoms with van der Waals surface area (Å²) in [6.07, 6.45) is -2.78. The molecule has 3 aromatic rings. The van der Waals surface area contributed by atoms with Gasteiger partial charge >= 0.3 is 6.18 Å². The molecule has 2 N–H and O–H groups in total. The molecule has 0 saturated carbocycles. The quantitative estimate of drug-likeness (QED) is 0.637. The first-order chi connectivity index (χ1) is 12.3. The van der Waals surface area contributed by atoms with Crippen LogP contribution in [0.5, 0.6) is 0 Å². The van der Waals surface area contributed by atoms with Gasteiger partial charge in [0.1, 0.15) is 5.82 Å². The molecule has 0 aliphatic rings. The maximum atomic E-state index is 12.6. The van der Waals surface area contributed by atoms with Crippen LogP contribution < -0.4 is 10.6 Å². The summed E-state index contributed by atoms with van der Waals surface area (Å²) in [6, 6.07) is 12.5. The van der Waals surface area contributed by atoms with Crippen molar-refractivity contribution in [3.8, 4) is 0 Å². The Hall–Kier alpha value is -3.09. The molecule has 2 aromatic carbocycles. The minimum absolute atomic E-state index is 0.292. The second-order valence-corrected chi connectivity index (χ2v) is 5.91. The van der Waals surface area contributed by atoms with Gasteiger partial charge in [-0.25, -0.2) is 4.98 Å². The molecule has 0 saturated heterocycles. The van der Waals surface area contributed by atoms with E-state index in [4.69, 9.17) is 0 Å². The van der Waals surface area contributed by atoms with E-state index in [1.165, 1.54) is 12.1 Å². The molecule has 0 atom stereocenters. The number of aryl methyl sites for hydroxylation is 2. The standard InChI is InChI=1S/C19H17F3N4/c1-12-3-4-13(2)16(11-12)25-17-9-10-23-18(26-17)24-15-7-5-14(6-8-15)19(20,21)22/h3-11H,1-2H3,(H2,23,24,25,26). The van der Waals surface area contributed by atoms with Crippen LogP contribution in [0.3, 0.4) is 0 Å². The summed E-state index contributed by atoms with van der Waals surface area (Å²) in [5.41, 5.74) is 2.90. The van der Waals surface area contributed by atoms with Crippen molar-refractivity contribution in [1.82, 2.24) is 9.97 Å². The van der Waals surface area contributed by atoms with E-state index in [1.54, 1.807) is 12.3 Å². The number of nitrogens with zero attached hydrogens (tertiary/aromatic N) is 2. The zero-order valence-corrected chi connectivity index (χ0v) is 14.2. The van der Waals surface area contributed by atoms with Gasteiger partial charge in [-0.3, -0.25) is 0 Å². The number of anilines is 4. The smallest absolute Gasteiger partial charge is 0.340 e. The number of alkyl halides is 3. The van der Waals surface area contributed by atoms with E-state index >= 15 is 0 Å². The summed E-state index contributed by atoms with van der Waals surface area (Å²) >= 11 is 0. The SMILES string of the molecule is Cc1ccc(C)c(Nc2ccnc(Nc3ccc(C(F)(F)F)cc3)n2)c1. The molecule has 0 unspecified atom stereocenters. The Labute approximate surface area is 149 Å². The Kier molecular flexibility index (Phi) is 4.79. The summed E-state index contributed by atoms with van der Waals surface area (Å²) in [6.45, 7) is 3.99. The monoisotopic (exact) mass is 358 g/mol. The lowest BCUT2D eigenvalue weighted by Crippen LogP contribution is -2.05. The highest BCUT2D eigenvalue weighted by Gasteiger charge is 2.29. The highest BCUT2D eigenvalue weighted by molar-refractivity contribution is 5.63. The summed E-state index contributed by atoms with van der Waals surface area (Å²) in [5, 5.41) is 6.13. The molecule has 7 heteroatoms. The molecule has 4 nitrogen and oxygen atoms in total. The Balaban J connectivity index is 1.76. The molecular formula is C19H17F3N4. The molecule has 134 valence electrons. The summed E-state index contributed by atoms with van der Waals surface area (Å²) in [4.78, 5) is 8.45. The van der Waals surface area contributed by atoms with Crippen molar-refractivity contribution in [2.45, 2.75) is 20.0 Å². The van der Waals surface area contributed by atoms with E-state index in [2.05, 4.69) is 20.6 Å². The minimum Gasteiger partial charge on any atom is -0.340 e. The molecule has 0 fully saturated rings.